The third-order valence-electron chi connectivity index (χ3n) is 7.17. The minimum atomic E-state index is -0.992. The molecule has 1 aromatic heterocycles. The quantitative estimate of drug-likeness (QED) is 0.306. The van der Waals surface area contributed by atoms with Crippen LogP contribution in [-0.2, 0) is 21.6 Å². The zero-order chi connectivity index (χ0) is 24.5. The van der Waals surface area contributed by atoms with E-state index in [1.54, 1.807) is 6.07 Å². The highest BCUT2D eigenvalue weighted by molar-refractivity contribution is 5.77. The van der Waals surface area contributed by atoms with Crippen molar-refractivity contribution in [2.75, 3.05) is 6.61 Å². The third kappa shape index (κ3) is 4.18. The van der Waals surface area contributed by atoms with Crippen molar-refractivity contribution in [3.63, 3.8) is 0 Å². The Morgan fingerprint density at radius 3 is 2.47 bits per heavy atom. The van der Waals surface area contributed by atoms with Gasteiger partial charge >= 0.3 is 5.97 Å². The number of oxazole rings is 1. The van der Waals surface area contributed by atoms with Gasteiger partial charge in [0, 0.05) is 17.0 Å². The SMILES string of the molecule is O=C(O)COc1cccc(C[C@@H]2CCC[C@@H]3O[C@]23c2nc(-c3ccccc3)c(-c3ccccc3)o2)c1. The number of hydrogen-bond acceptors (Lipinski definition) is 5. The van der Waals surface area contributed by atoms with Gasteiger partial charge in [0.2, 0.25) is 5.89 Å². The van der Waals surface area contributed by atoms with E-state index in [0.717, 1.165) is 53.8 Å². The first kappa shape index (κ1) is 22.6. The maximum Gasteiger partial charge on any atom is 0.341 e. The predicted molar refractivity (Wildman–Crippen MR) is 135 cm³/mol. The number of carboxylic acid groups (broad SMARTS) is 1. The fourth-order valence-electron chi connectivity index (χ4n) is 5.47. The highest BCUT2D eigenvalue weighted by Gasteiger charge is 2.67. The van der Waals surface area contributed by atoms with Gasteiger partial charge < -0.3 is 19.0 Å². The molecular formula is C30H27NO5. The fraction of sp³-hybridized carbons (Fsp3) is 0.267. The van der Waals surface area contributed by atoms with E-state index in [1.165, 1.54) is 0 Å². The average Bonchev–Trinajstić information content (AvgIpc) is 3.51. The van der Waals surface area contributed by atoms with E-state index in [-0.39, 0.29) is 18.6 Å². The van der Waals surface area contributed by atoms with Gasteiger partial charge in [-0.3, -0.25) is 0 Å². The number of epoxide rings is 1. The number of hydrogen-bond donors (Lipinski definition) is 1. The Bertz CT molecular complexity index is 1310. The van der Waals surface area contributed by atoms with Crippen molar-refractivity contribution in [1.29, 1.82) is 0 Å². The van der Waals surface area contributed by atoms with Crippen molar-refractivity contribution in [2.24, 2.45) is 5.92 Å². The molecule has 2 heterocycles. The van der Waals surface area contributed by atoms with E-state index in [2.05, 4.69) is 12.1 Å². The van der Waals surface area contributed by atoms with E-state index >= 15 is 0 Å². The van der Waals surface area contributed by atoms with Crippen LogP contribution < -0.4 is 4.74 Å². The van der Waals surface area contributed by atoms with Gasteiger partial charge in [0.05, 0.1) is 6.10 Å². The highest BCUT2D eigenvalue weighted by Crippen LogP contribution is 2.59. The Labute approximate surface area is 209 Å². The van der Waals surface area contributed by atoms with Gasteiger partial charge in [0.1, 0.15) is 11.4 Å². The molecule has 1 aliphatic heterocycles. The van der Waals surface area contributed by atoms with Crippen LogP contribution in [0.15, 0.2) is 89.3 Å². The molecule has 1 saturated carbocycles. The van der Waals surface area contributed by atoms with Gasteiger partial charge in [0.25, 0.3) is 0 Å². The summed E-state index contributed by atoms with van der Waals surface area (Å²) >= 11 is 0. The third-order valence-corrected chi connectivity index (χ3v) is 7.17. The molecule has 0 bridgehead atoms. The Hall–Kier alpha value is -3.90. The number of aliphatic carboxylic acids is 1. The standard InChI is InChI=1S/C30H27NO5/c32-26(33)19-34-24-15-7-9-20(18-24)17-23-14-8-16-25-30(23,36-25)29-31-27(21-10-3-1-4-11-21)28(35-29)22-12-5-2-6-13-22/h1-7,9-13,15,18,23,25H,8,14,16-17,19H2,(H,32,33)/t23-,25-,30+/m0/s1. The zero-order valence-corrected chi connectivity index (χ0v) is 19.8. The summed E-state index contributed by atoms with van der Waals surface area (Å²) in [6, 6.07) is 27.9. The van der Waals surface area contributed by atoms with Gasteiger partial charge in [-0.1, -0.05) is 79.2 Å². The first-order chi connectivity index (χ1) is 17.6. The van der Waals surface area contributed by atoms with Crippen molar-refractivity contribution in [3.05, 3.63) is 96.4 Å². The summed E-state index contributed by atoms with van der Waals surface area (Å²) in [7, 11) is 0. The molecule has 1 saturated heterocycles. The number of aromatic nitrogens is 1. The summed E-state index contributed by atoms with van der Waals surface area (Å²) in [6.07, 6.45) is 3.94. The van der Waals surface area contributed by atoms with E-state index < -0.39 is 11.6 Å². The second-order valence-corrected chi connectivity index (χ2v) is 9.49. The van der Waals surface area contributed by atoms with Crippen LogP contribution in [0.1, 0.15) is 30.7 Å². The van der Waals surface area contributed by atoms with Crippen LogP contribution in [0, 0.1) is 5.92 Å². The lowest BCUT2D eigenvalue weighted by atomic mass is 9.75. The molecule has 0 amide bonds. The lowest BCUT2D eigenvalue weighted by molar-refractivity contribution is -0.139. The van der Waals surface area contributed by atoms with Crippen molar-refractivity contribution in [1.82, 2.24) is 4.98 Å². The molecule has 6 nitrogen and oxygen atoms in total. The topological polar surface area (TPSA) is 85.1 Å². The van der Waals surface area contributed by atoms with Crippen LogP contribution in [0.5, 0.6) is 5.75 Å². The Morgan fingerprint density at radius 2 is 1.72 bits per heavy atom. The Morgan fingerprint density at radius 1 is 0.972 bits per heavy atom. The average molecular weight is 482 g/mol. The molecule has 36 heavy (non-hydrogen) atoms. The summed E-state index contributed by atoms with van der Waals surface area (Å²) in [5, 5.41) is 8.94. The Kier molecular flexibility index (Phi) is 5.82. The van der Waals surface area contributed by atoms with Gasteiger partial charge in [-0.2, -0.15) is 0 Å². The second kappa shape index (κ2) is 9.28. The molecule has 2 aliphatic rings. The summed E-state index contributed by atoms with van der Waals surface area (Å²) in [6.45, 7) is -0.358. The minimum absolute atomic E-state index is 0.0913. The largest absolute Gasteiger partial charge is 0.482 e. The lowest BCUT2D eigenvalue weighted by Gasteiger charge is -2.26. The number of fused-ring (bicyclic) bond motifs is 1. The molecule has 182 valence electrons. The summed E-state index contributed by atoms with van der Waals surface area (Å²) < 4.78 is 18.4. The summed E-state index contributed by atoms with van der Waals surface area (Å²) in [5.41, 5.74) is 3.35. The molecule has 2 fully saturated rings. The monoisotopic (exact) mass is 481 g/mol. The van der Waals surface area contributed by atoms with Crippen LogP contribution >= 0.6 is 0 Å². The molecule has 0 radical (unpaired) electrons. The van der Waals surface area contributed by atoms with Gasteiger partial charge in [-0.05, 0) is 37.0 Å². The number of ether oxygens (including phenoxy) is 2. The van der Waals surface area contributed by atoms with E-state index in [9.17, 15) is 4.79 Å². The van der Waals surface area contributed by atoms with Gasteiger partial charge in [0.15, 0.2) is 18.0 Å². The number of rotatable bonds is 8. The minimum Gasteiger partial charge on any atom is -0.482 e. The Balaban J connectivity index is 1.35. The molecule has 6 rings (SSSR count). The van der Waals surface area contributed by atoms with Crippen molar-refractivity contribution in [2.45, 2.75) is 37.4 Å². The molecule has 1 aliphatic carbocycles. The lowest BCUT2D eigenvalue weighted by Crippen LogP contribution is -2.30. The molecule has 1 N–H and O–H groups in total. The normalized spacial score (nSPS) is 22.6. The van der Waals surface area contributed by atoms with Crippen LogP contribution in [0.2, 0.25) is 0 Å². The van der Waals surface area contributed by atoms with Crippen LogP contribution in [0.25, 0.3) is 22.6 Å². The number of nitrogens with zero attached hydrogens (tertiary/aromatic N) is 1. The van der Waals surface area contributed by atoms with Crippen LogP contribution in [0.4, 0.5) is 0 Å². The van der Waals surface area contributed by atoms with Crippen molar-refractivity contribution >= 4 is 5.97 Å². The second-order valence-electron chi connectivity index (χ2n) is 9.49. The van der Waals surface area contributed by atoms with Gasteiger partial charge in [-0.25, -0.2) is 9.78 Å². The number of carboxylic acids is 1. The maximum atomic E-state index is 10.9. The molecule has 6 heteroatoms. The zero-order valence-electron chi connectivity index (χ0n) is 19.8. The molecule has 3 atom stereocenters. The van der Waals surface area contributed by atoms with Gasteiger partial charge in [-0.15, -0.1) is 0 Å². The maximum absolute atomic E-state index is 10.9. The summed E-state index contributed by atoms with van der Waals surface area (Å²) in [5.74, 6) is 1.16. The molecular weight excluding hydrogens is 454 g/mol. The molecule has 4 aromatic rings. The predicted octanol–water partition coefficient (Wildman–Crippen LogP) is 6.11. The first-order valence-electron chi connectivity index (χ1n) is 12.4. The summed E-state index contributed by atoms with van der Waals surface area (Å²) in [4.78, 5) is 16.0. The molecule has 0 unspecified atom stereocenters. The van der Waals surface area contributed by atoms with E-state index in [0.29, 0.717) is 11.6 Å². The van der Waals surface area contributed by atoms with Crippen molar-refractivity contribution in [3.8, 4) is 28.3 Å². The molecule has 3 aromatic carbocycles. The first-order valence-corrected chi connectivity index (χ1v) is 12.4. The molecule has 0 spiro atoms. The van der Waals surface area contributed by atoms with E-state index in [1.807, 2.05) is 66.7 Å². The van der Waals surface area contributed by atoms with E-state index in [4.69, 9.17) is 24.0 Å². The smallest absolute Gasteiger partial charge is 0.341 e. The van der Waals surface area contributed by atoms with Crippen LogP contribution in [-0.4, -0.2) is 28.8 Å². The fourth-order valence-corrected chi connectivity index (χ4v) is 5.47. The van der Waals surface area contributed by atoms with Crippen LogP contribution in [0.3, 0.4) is 0 Å². The number of carbonyl (C=O) groups is 1. The number of benzene rings is 3. The highest BCUT2D eigenvalue weighted by atomic mass is 16.6. The van der Waals surface area contributed by atoms with Crippen molar-refractivity contribution < 1.29 is 23.8 Å².